The Morgan fingerprint density at radius 2 is 2.10 bits per heavy atom. The molecule has 0 aliphatic heterocycles. The molecule has 7 heteroatoms. The molecule has 0 amide bonds. The summed E-state index contributed by atoms with van der Waals surface area (Å²) in [6.07, 6.45) is 3.09. The summed E-state index contributed by atoms with van der Waals surface area (Å²) in [5.41, 5.74) is 8.76. The zero-order valence-corrected chi connectivity index (χ0v) is 12.3. The Labute approximate surface area is 118 Å². The number of benzene rings is 1. The normalized spacial score (nSPS) is 11.8. The van der Waals surface area contributed by atoms with Crippen LogP contribution in [0.3, 0.4) is 0 Å². The standard InChI is InChI=1S/C13H18N4O2S/c1-9-3-11(5-14)4-13(10(9)2)20(18,19)17-7-12-6-15-8-16-12/h3-4,6,8,17H,5,7,14H2,1-2H3,(H,15,16). The molecule has 4 N–H and O–H groups in total. The maximum absolute atomic E-state index is 12.4. The van der Waals surface area contributed by atoms with Gasteiger partial charge in [-0.15, -0.1) is 0 Å². The van der Waals surface area contributed by atoms with Crippen LogP contribution >= 0.6 is 0 Å². The van der Waals surface area contributed by atoms with Crippen molar-refractivity contribution < 1.29 is 8.42 Å². The van der Waals surface area contributed by atoms with Crippen LogP contribution < -0.4 is 10.5 Å². The number of nitrogens with one attached hydrogen (secondary N) is 2. The number of aromatic nitrogens is 2. The van der Waals surface area contributed by atoms with Crippen molar-refractivity contribution in [2.75, 3.05) is 0 Å². The van der Waals surface area contributed by atoms with E-state index in [0.29, 0.717) is 12.2 Å². The zero-order valence-electron chi connectivity index (χ0n) is 11.5. The third kappa shape index (κ3) is 3.06. The van der Waals surface area contributed by atoms with Crippen molar-refractivity contribution in [2.24, 2.45) is 5.73 Å². The molecule has 2 aromatic rings. The molecule has 0 spiro atoms. The van der Waals surface area contributed by atoms with Gasteiger partial charge in [-0.3, -0.25) is 0 Å². The summed E-state index contributed by atoms with van der Waals surface area (Å²) in [6.45, 7) is 4.15. The van der Waals surface area contributed by atoms with Crippen LogP contribution in [0.25, 0.3) is 0 Å². The first-order valence-corrected chi connectivity index (χ1v) is 7.69. The van der Waals surface area contributed by atoms with Gasteiger partial charge in [0.15, 0.2) is 0 Å². The second-order valence-corrected chi connectivity index (χ2v) is 6.38. The minimum absolute atomic E-state index is 0.174. The fourth-order valence-electron chi connectivity index (χ4n) is 1.93. The second kappa shape index (κ2) is 5.74. The quantitative estimate of drug-likeness (QED) is 0.764. The fourth-order valence-corrected chi connectivity index (χ4v) is 3.30. The van der Waals surface area contributed by atoms with Crippen molar-refractivity contribution in [1.29, 1.82) is 0 Å². The molecule has 0 atom stereocenters. The molecular weight excluding hydrogens is 276 g/mol. The number of sulfonamides is 1. The molecule has 0 radical (unpaired) electrons. The van der Waals surface area contributed by atoms with Gasteiger partial charge < -0.3 is 10.7 Å². The van der Waals surface area contributed by atoms with Gasteiger partial charge in [0.25, 0.3) is 0 Å². The number of nitrogens with two attached hydrogens (primary N) is 1. The number of hydrogen-bond acceptors (Lipinski definition) is 4. The van der Waals surface area contributed by atoms with Gasteiger partial charge in [-0.2, -0.15) is 0 Å². The highest BCUT2D eigenvalue weighted by Gasteiger charge is 2.18. The van der Waals surface area contributed by atoms with Gasteiger partial charge >= 0.3 is 0 Å². The van der Waals surface area contributed by atoms with Crippen LogP contribution in [0.4, 0.5) is 0 Å². The number of aromatic amines is 1. The summed E-state index contributed by atoms with van der Waals surface area (Å²) in [6, 6.07) is 3.53. The molecule has 6 nitrogen and oxygen atoms in total. The van der Waals surface area contributed by atoms with Gasteiger partial charge in [0.1, 0.15) is 0 Å². The summed E-state index contributed by atoms with van der Waals surface area (Å²) in [5.74, 6) is 0. The molecule has 0 bridgehead atoms. The van der Waals surface area contributed by atoms with Gasteiger partial charge in [-0.1, -0.05) is 6.07 Å². The van der Waals surface area contributed by atoms with Gasteiger partial charge in [0.2, 0.25) is 10.0 Å². The summed E-state index contributed by atoms with van der Waals surface area (Å²) in [4.78, 5) is 6.97. The molecule has 0 unspecified atom stereocenters. The molecule has 1 aromatic heterocycles. The number of rotatable bonds is 5. The minimum atomic E-state index is -3.58. The molecule has 2 rings (SSSR count). The molecule has 1 heterocycles. The first kappa shape index (κ1) is 14.7. The summed E-state index contributed by atoms with van der Waals surface area (Å²) in [7, 11) is -3.58. The molecule has 0 aliphatic carbocycles. The highest BCUT2D eigenvalue weighted by molar-refractivity contribution is 7.89. The maximum Gasteiger partial charge on any atom is 0.241 e. The van der Waals surface area contributed by atoms with Crippen LogP contribution in [0.15, 0.2) is 29.6 Å². The van der Waals surface area contributed by atoms with Gasteiger partial charge in [-0.25, -0.2) is 18.1 Å². The molecule has 1 aromatic carbocycles. The van der Waals surface area contributed by atoms with Crippen molar-refractivity contribution in [3.8, 4) is 0 Å². The molecule has 20 heavy (non-hydrogen) atoms. The maximum atomic E-state index is 12.4. The Morgan fingerprint density at radius 1 is 1.35 bits per heavy atom. The second-order valence-electron chi connectivity index (χ2n) is 4.64. The van der Waals surface area contributed by atoms with Gasteiger partial charge in [0, 0.05) is 18.4 Å². The van der Waals surface area contributed by atoms with Gasteiger partial charge in [0.05, 0.1) is 17.8 Å². The predicted molar refractivity (Wildman–Crippen MR) is 76.4 cm³/mol. The van der Waals surface area contributed by atoms with E-state index in [1.165, 1.54) is 6.33 Å². The minimum Gasteiger partial charge on any atom is -0.347 e. The zero-order chi connectivity index (χ0) is 14.8. The Morgan fingerprint density at radius 3 is 2.70 bits per heavy atom. The van der Waals surface area contributed by atoms with E-state index in [0.717, 1.165) is 16.7 Å². The predicted octanol–water partition coefficient (Wildman–Crippen LogP) is 0.964. The van der Waals surface area contributed by atoms with Crippen LogP contribution in [0.1, 0.15) is 22.4 Å². The van der Waals surface area contributed by atoms with E-state index in [1.54, 1.807) is 19.2 Å². The summed E-state index contributed by atoms with van der Waals surface area (Å²) >= 11 is 0. The van der Waals surface area contributed by atoms with E-state index in [4.69, 9.17) is 5.73 Å². The Balaban J connectivity index is 2.31. The Bertz CT molecular complexity index is 693. The van der Waals surface area contributed by atoms with Crippen LogP contribution in [0.5, 0.6) is 0 Å². The number of aryl methyl sites for hydroxylation is 1. The molecule has 0 saturated heterocycles. The third-order valence-electron chi connectivity index (χ3n) is 3.21. The lowest BCUT2D eigenvalue weighted by Crippen LogP contribution is -2.24. The van der Waals surface area contributed by atoms with Crippen molar-refractivity contribution >= 4 is 10.0 Å². The van der Waals surface area contributed by atoms with Crippen molar-refractivity contribution in [2.45, 2.75) is 31.8 Å². The largest absolute Gasteiger partial charge is 0.347 e. The molecule has 0 saturated carbocycles. The average molecular weight is 294 g/mol. The highest BCUT2D eigenvalue weighted by Crippen LogP contribution is 2.21. The number of imidazole rings is 1. The smallest absolute Gasteiger partial charge is 0.241 e. The van der Waals surface area contributed by atoms with Crippen molar-refractivity contribution in [3.05, 3.63) is 47.0 Å². The van der Waals surface area contributed by atoms with E-state index in [-0.39, 0.29) is 11.4 Å². The van der Waals surface area contributed by atoms with Crippen LogP contribution in [0.2, 0.25) is 0 Å². The molecule has 0 fully saturated rings. The van der Waals surface area contributed by atoms with E-state index in [2.05, 4.69) is 14.7 Å². The van der Waals surface area contributed by atoms with Crippen molar-refractivity contribution in [3.63, 3.8) is 0 Å². The SMILES string of the molecule is Cc1cc(CN)cc(S(=O)(=O)NCc2cnc[nH]2)c1C. The van der Waals surface area contributed by atoms with Crippen molar-refractivity contribution in [1.82, 2.24) is 14.7 Å². The van der Waals surface area contributed by atoms with Crippen LogP contribution in [-0.4, -0.2) is 18.4 Å². The van der Waals surface area contributed by atoms with Crippen LogP contribution in [0, 0.1) is 13.8 Å². The lowest BCUT2D eigenvalue weighted by molar-refractivity contribution is 0.579. The third-order valence-corrected chi connectivity index (χ3v) is 4.74. The Hall–Kier alpha value is -1.70. The molecule has 108 valence electrons. The molecule has 0 aliphatic rings. The highest BCUT2D eigenvalue weighted by atomic mass is 32.2. The first-order chi connectivity index (χ1) is 9.44. The number of nitrogens with zero attached hydrogens (tertiary/aromatic N) is 1. The van der Waals surface area contributed by atoms with E-state index >= 15 is 0 Å². The first-order valence-electron chi connectivity index (χ1n) is 6.21. The fraction of sp³-hybridized carbons (Fsp3) is 0.308. The topological polar surface area (TPSA) is 101 Å². The summed E-state index contributed by atoms with van der Waals surface area (Å²) in [5, 5.41) is 0. The molecular formula is C13H18N4O2S. The van der Waals surface area contributed by atoms with E-state index in [9.17, 15) is 8.42 Å². The average Bonchev–Trinajstić information content (AvgIpc) is 2.92. The summed E-state index contributed by atoms with van der Waals surface area (Å²) < 4.78 is 27.3. The van der Waals surface area contributed by atoms with Crippen LogP contribution in [-0.2, 0) is 23.1 Å². The monoisotopic (exact) mass is 294 g/mol. The van der Waals surface area contributed by atoms with E-state index in [1.807, 2.05) is 13.0 Å². The number of hydrogen-bond donors (Lipinski definition) is 3. The lowest BCUT2D eigenvalue weighted by Gasteiger charge is -2.12. The number of H-pyrrole nitrogens is 1. The Kier molecular flexibility index (Phi) is 4.22. The van der Waals surface area contributed by atoms with E-state index < -0.39 is 10.0 Å². The van der Waals surface area contributed by atoms with Gasteiger partial charge in [-0.05, 0) is 36.6 Å². The lowest BCUT2D eigenvalue weighted by atomic mass is 10.1.